The Hall–Kier alpha value is -3.30. The van der Waals surface area contributed by atoms with Crippen molar-refractivity contribution in [1.29, 1.82) is 0 Å². The maximum Gasteiger partial charge on any atom is 0.257 e. The third-order valence-electron chi connectivity index (χ3n) is 6.50. The van der Waals surface area contributed by atoms with Gasteiger partial charge in [0.1, 0.15) is 6.10 Å². The number of nitrogens with one attached hydrogen (secondary N) is 1. The molecule has 0 saturated carbocycles. The van der Waals surface area contributed by atoms with Crippen molar-refractivity contribution in [1.82, 2.24) is 29.9 Å². The molecule has 33 heavy (non-hydrogen) atoms. The second kappa shape index (κ2) is 8.92. The molecule has 0 bridgehead atoms. The Morgan fingerprint density at radius 3 is 2.55 bits per heavy atom. The molecule has 2 saturated heterocycles. The smallest absolute Gasteiger partial charge is 0.257 e. The van der Waals surface area contributed by atoms with E-state index in [4.69, 9.17) is 9.72 Å². The van der Waals surface area contributed by atoms with Gasteiger partial charge in [0.05, 0.1) is 41.7 Å². The van der Waals surface area contributed by atoms with Gasteiger partial charge >= 0.3 is 0 Å². The summed E-state index contributed by atoms with van der Waals surface area (Å²) in [6, 6.07) is 9.55. The molecule has 2 fully saturated rings. The number of hydrogen-bond donors (Lipinski definition) is 1. The number of H-pyrrole nitrogens is 1. The molecule has 9 heteroatoms. The Labute approximate surface area is 192 Å². The molecule has 2 aliphatic heterocycles. The van der Waals surface area contributed by atoms with Gasteiger partial charge in [0.25, 0.3) is 11.8 Å². The molecule has 0 radical (unpaired) electrons. The van der Waals surface area contributed by atoms with Crippen molar-refractivity contribution >= 4 is 22.7 Å². The molecule has 172 valence electrons. The summed E-state index contributed by atoms with van der Waals surface area (Å²) < 4.78 is 6.02. The van der Waals surface area contributed by atoms with Gasteiger partial charge in [-0.25, -0.2) is 4.98 Å². The van der Waals surface area contributed by atoms with Gasteiger partial charge in [-0.3, -0.25) is 14.7 Å². The molecule has 2 amide bonds. The first kappa shape index (κ1) is 21.5. The van der Waals surface area contributed by atoms with E-state index in [0.717, 1.165) is 29.7 Å². The quantitative estimate of drug-likeness (QED) is 0.657. The van der Waals surface area contributed by atoms with Crippen LogP contribution in [-0.4, -0.2) is 94.6 Å². The summed E-state index contributed by atoms with van der Waals surface area (Å²) >= 11 is 0. The minimum atomic E-state index is -0.404. The Kier molecular flexibility index (Phi) is 5.82. The molecule has 5 rings (SSSR count). The second-order valence-corrected chi connectivity index (χ2v) is 8.73. The minimum absolute atomic E-state index is 0.0145. The molecule has 0 spiro atoms. The first-order valence-corrected chi connectivity index (χ1v) is 11.3. The van der Waals surface area contributed by atoms with E-state index < -0.39 is 6.10 Å². The van der Waals surface area contributed by atoms with Crippen molar-refractivity contribution in [2.75, 3.05) is 52.9 Å². The Balaban J connectivity index is 1.45. The summed E-state index contributed by atoms with van der Waals surface area (Å²) in [4.78, 5) is 37.2. The molecule has 2 aromatic heterocycles. The fourth-order valence-electron chi connectivity index (χ4n) is 4.47. The van der Waals surface area contributed by atoms with Crippen molar-refractivity contribution in [3.63, 3.8) is 0 Å². The highest BCUT2D eigenvalue weighted by atomic mass is 16.5. The number of piperazine rings is 1. The van der Waals surface area contributed by atoms with Gasteiger partial charge in [0, 0.05) is 43.8 Å². The first-order valence-electron chi connectivity index (χ1n) is 11.3. The summed E-state index contributed by atoms with van der Waals surface area (Å²) in [6.07, 6.45) is 1.15. The van der Waals surface area contributed by atoms with Crippen LogP contribution in [0.5, 0.6) is 0 Å². The zero-order valence-corrected chi connectivity index (χ0v) is 19.0. The van der Waals surface area contributed by atoms with Crippen LogP contribution in [-0.2, 0) is 4.74 Å². The number of para-hydroxylation sites is 1. The van der Waals surface area contributed by atoms with E-state index in [1.165, 1.54) is 0 Å². The predicted octanol–water partition coefficient (Wildman–Crippen LogP) is 1.87. The lowest BCUT2D eigenvalue weighted by Crippen LogP contribution is -2.47. The number of benzene rings is 1. The number of likely N-dealkylation sites (N-methyl/N-ethyl adjacent to an activating group) is 1. The number of nitrogens with zero attached hydrogens (tertiary/aromatic N) is 5. The van der Waals surface area contributed by atoms with Gasteiger partial charge in [0.15, 0.2) is 0 Å². The van der Waals surface area contributed by atoms with Gasteiger partial charge in [-0.15, -0.1) is 0 Å². The van der Waals surface area contributed by atoms with E-state index in [1.54, 1.807) is 11.1 Å². The van der Waals surface area contributed by atoms with Crippen LogP contribution in [0.3, 0.4) is 0 Å². The van der Waals surface area contributed by atoms with Crippen LogP contribution >= 0.6 is 0 Å². The van der Waals surface area contributed by atoms with Crippen LogP contribution in [0.2, 0.25) is 0 Å². The topological polar surface area (TPSA) is 94.7 Å². The number of carbonyl (C=O) groups is 2. The lowest BCUT2D eigenvalue weighted by atomic mass is 10.0. The number of rotatable bonds is 3. The van der Waals surface area contributed by atoms with Crippen molar-refractivity contribution in [3.8, 4) is 0 Å². The number of pyridine rings is 1. The van der Waals surface area contributed by atoms with Gasteiger partial charge in [-0.2, -0.15) is 5.10 Å². The monoisotopic (exact) mass is 448 g/mol. The van der Waals surface area contributed by atoms with E-state index in [0.29, 0.717) is 49.6 Å². The summed E-state index contributed by atoms with van der Waals surface area (Å²) in [5.41, 5.74) is 3.37. The number of aromatic amines is 1. The van der Waals surface area contributed by atoms with Crippen LogP contribution in [0.25, 0.3) is 10.9 Å². The van der Waals surface area contributed by atoms with Crippen LogP contribution in [0.4, 0.5) is 0 Å². The molecule has 0 aliphatic carbocycles. The molecular formula is C24H28N6O3. The molecule has 9 nitrogen and oxygen atoms in total. The van der Waals surface area contributed by atoms with E-state index in [9.17, 15) is 9.59 Å². The number of ether oxygens (including phenoxy) is 1. The van der Waals surface area contributed by atoms with E-state index in [-0.39, 0.29) is 11.8 Å². The van der Waals surface area contributed by atoms with Crippen molar-refractivity contribution in [2.24, 2.45) is 0 Å². The van der Waals surface area contributed by atoms with Gasteiger partial charge in [-0.1, -0.05) is 18.2 Å². The minimum Gasteiger partial charge on any atom is -0.368 e. The number of hydrogen-bond acceptors (Lipinski definition) is 6. The van der Waals surface area contributed by atoms with Crippen molar-refractivity contribution < 1.29 is 14.3 Å². The van der Waals surface area contributed by atoms with Crippen LogP contribution in [0, 0.1) is 6.92 Å². The molecule has 1 atom stereocenters. The van der Waals surface area contributed by atoms with Gasteiger partial charge in [-0.05, 0) is 26.1 Å². The van der Waals surface area contributed by atoms with Crippen molar-refractivity contribution in [2.45, 2.75) is 13.0 Å². The number of morpholine rings is 1. The Morgan fingerprint density at radius 2 is 1.79 bits per heavy atom. The summed E-state index contributed by atoms with van der Waals surface area (Å²) in [5, 5.41) is 7.62. The molecule has 1 aromatic carbocycles. The lowest BCUT2D eigenvalue weighted by molar-refractivity contribution is -0.0246. The van der Waals surface area contributed by atoms with Crippen LogP contribution in [0.15, 0.2) is 36.5 Å². The fourth-order valence-corrected chi connectivity index (χ4v) is 4.47. The second-order valence-electron chi connectivity index (χ2n) is 8.73. The average molecular weight is 449 g/mol. The van der Waals surface area contributed by atoms with Crippen LogP contribution in [0.1, 0.15) is 38.2 Å². The van der Waals surface area contributed by atoms with Crippen molar-refractivity contribution in [3.05, 3.63) is 59.0 Å². The molecule has 4 heterocycles. The van der Waals surface area contributed by atoms with E-state index in [2.05, 4.69) is 22.1 Å². The predicted molar refractivity (Wildman–Crippen MR) is 123 cm³/mol. The summed E-state index contributed by atoms with van der Waals surface area (Å²) in [7, 11) is 2.07. The number of amides is 2. The first-order chi connectivity index (χ1) is 16.0. The standard InChI is InChI=1S/C24H28N6O3/c1-16-19(14-25-27-16)24(32)30-11-12-33-22(15-30)21-13-18(17-5-3-4-6-20(17)26-21)23(31)29-9-7-28(2)8-10-29/h3-6,13-14,22H,7-12,15H2,1-2H3,(H,25,27)/t22-/m1/s1. The highest BCUT2D eigenvalue weighted by Gasteiger charge is 2.30. The van der Waals surface area contributed by atoms with Gasteiger partial charge in [0.2, 0.25) is 0 Å². The van der Waals surface area contributed by atoms with Gasteiger partial charge < -0.3 is 19.4 Å². The number of fused-ring (bicyclic) bond motifs is 1. The number of aryl methyl sites for hydroxylation is 1. The zero-order valence-electron chi connectivity index (χ0n) is 19.0. The summed E-state index contributed by atoms with van der Waals surface area (Å²) in [6.45, 7) is 6.23. The molecule has 1 N–H and O–H groups in total. The largest absolute Gasteiger partial charge is 0.368 e. The fraction of sp³-hybridized carbons (Fsp3) is 0.417. The molecular weight excluding hydrogens is 420 g/mol. The number of carbonyl (C=O) groups excluding carboxylic acids is 2. The summed E-state index contributed by atoms with van der Waals surface area (Å²) in [5.74, 6) is -0.0650. The SMILES string of the molecule is Cc1[nH]ncc1C(=O)N1CCO[C@@H](c2cc(C(=O)N3CCN(C)CC3)c3ccccc3n2)C1. The Morgan fingerprint density at radius 1 is 1.03 bits per heavy atom. The maximum atomic E-state index is 13.5. The maximum absolute atomic E-state index is 13.5. The normalized spacial score (nSPS) is 19.8. The number of aromatic nitrogens is 3. The third-order valence-corrected chi connectivity index (χ3v) is 6.50. The third kappa shape index (κ3) is 4.21. The lowest BCUT2D eigenvalue weighted by Gasteiger charge is -2.34. The zero-order chi connectivity index (χ0) is 22.9. The average Bonchev–Trinajstić information content (AvgIpc) is 3.28. The van der Waals surface area contributed by atoms with E-state index in [1.807, 2.05) is 42.2 Å². The molecule has 0 unspecified atom stereocenters. The van der Waals surface area contributed by atoms with E-state index >= 15 is 0 Å². The molecule has 2 aliphatic rings. The highest BCUT2D eigenvalue weighted by Crippen LogP contribution is 2.28. The van der Waals surface area contributed by atoms with Crippen LogP contribution < -0.4 is 0 Å². The Bertz CT molecular complexity index is 1180. The highest BCUT2D eigenvalue weighted by molar-refractivity contribution is 6.06. The molecule has 3 aromatic rings.